The highest BCUT2D eigenvalue weighted by molar-refractivity contribution is 7.20. The van der Waals surface area contributed by atoms with Crippen LogP contribution in [0.25, 0.3) is 4.96 Å². The van der Waals surface area contributed by atoms with Crippen LogP contribution < -0.4 is 15.6 Å². The molecule has 2 heterocycles. The minimum atomic E-state index is -0.256. The molecule has 0 saturated carbocycles. The van der Waals surface area contributed by atoms with Crippen molar-refractivity contribution in [2.24, 2.45) is 0 Å². The van der Waals surface area contributed by atoms with Gasteiger partial charge in [-0.05, 0) is 31.2 Å². The number of rotatable bonds is 3. The molecule has 0 atom stereocenters. The van der Waals surface area contributed by atoms with Crippen molar-refractivity contribution in [3.8, 4) is 5.75 Å². The van der Waals surface area contributed by atoms with Crippen LogP contribution in [0.3, 0.4) is 0 Å². The lowest BCUT2D eigenvalue weighted by Gasteiger charge is -2.03. The van der Waals surface area contributed by atoms with Gasteiger partial charge in [-0.1, -0.05) is 11.3 Å². The SMILES string of the molecule is COc1ccc(Nc2nn3c(=O)c(C)nnc3s2)cc1. The quantitative estimate of drug-likeness (QED) is 0.789. The van der Waals surface area contributed by atoms with Crippen LogP contribution in [0.15, 0.2) is 29.1 Å². The van der Waals surface area contributed by atoms with Gasteiger partial charge in [0, 0.05) is 5.69 Å². The first kappa shape index (κ1) is 12.5. The van der Waals surface area contributed by atoms with Gasteiger partial charge in [-0.2, -0.15) is 4.52 Å². The Balaban J connectivity index is 1.94. The molecule has 0 unspecified atom stereocenters. The molecular weight excluding hydrogens is 278 g/mol. The van der Waals surface area contributed by atoms with E-state index in [2.05, 4.69) is 20.6 Å². The molecule has 1 aromatic carbocycles. The van der Waals surface area contributed by atoms with E-state index in [1.165, 1.54) is 15.9 Å². The molecule has 0 aliphatic heterocycles. The topological polar surface area (TPSA) is 81.4 Å². The fourth-order valence-electron chi connectivity index (χ4n) is 1.64. The summed E-state index contributed by atoms with van der Waals surface area (Å²) < 4.78 is 6.34. The summed E-state index contributed by atoms with van der Waals surface area (Å²) in [4.78, 5) is 12.3. The third-order valence-electron chi connectivity index (χ3n) is 2.69. The van der Waals surface area contributed by atoms with Gasteiger partial charge in [0.1, 0.15) is 11.4 Å². The van der Waals surface area contributed by atoms with Crippen LogP contribution in [0, 0.1) is 6.92 Å². The summed E-state index contributed by atoms with van der Waals surface area (Å²) in [5.41, 5.74) is 0.917. The number of nitrogens with zero attached hydrogens (tertiary/aromatic N) is 4. The average Bonchev–Trinajstić information content (AvgIpc) is 2.87. The predicted octanol–water partition coefficient (Wildman–Crippen LogP) is 1.61. The van der Waals surface area contributed by atoms with E-state index in [1.807, 2.05) is 24.3 Å². The second kappa shape index (κ2) is 4.89. The molecule has 0 bridgehead atoms. The minimum Gasteiger partial charge on any atom is -0.497 e. The second-order valence-corrected chi connectivity index (χ2v) is 5.00. The van der Waals surface area contributed by atoms with Crippen LogP contribution in [0.1, 0.15) is 5.69 Å². The van der Waals surface area contributed by atoms with Gasteiger partial charge in [0.25, 0.3) is 5.56 Å². The summed E-state index contributed by atoms with van der Waals surface area (Å²) in [6.07, 6.45) is 0. The molecule has 3 aromatic rings. The predicted molar refractivity (Wildman–Crippen MR) is 75.9 cm³/mol. The number of aromatic nitrogens is 4. The lowest BCUT2D eigenvalue weighted by Crippen LogP contribution is -2.19. The minimum absolute atomic E-state index is 0.256. The number of ether oxygens (including phenoxy) is 1. The number of benzene rings is 1. The van der Waals surface area contributed by atoms with Crippen LogP contribution in [0.4, 0.5) is 10.8 Å². The average molecular weight is 289 g/mol. The van der Waals surface area contributed by atoms with Crippen LogP contribution in [0.5, 0.6) is 5.75 Å². The highest BCUT2D eigenvalue weighted by atomic mass is 32.1. The first-order valence-electron chi connectivity index (χ1n) is 5.81. The molecule has 0 aliphatic carbocycles. The van der Waals surface area contributed by atoms with E-state index in [4.69, 9.17) is 4.74 Å². The number of fused-ring (bicyclic) bond motifs is 1. The van der Waals surface area contributed by atoms with Crippen molar-refractivity contribution < 1.29 is 4.74 Å². The number of hydrogen-bond acceptors (Lipinski definition) is 7. The van der Waals surface area contributed by atoms with E-state index in [-0.39, 0.29) is 5.56 Å². The molecule has 20 heavy (non-hydrogen) atoms. The fourth-order valence-corrected chi connectivity index (χ4v) is 2.40. The maximum absolute atomic E-state index is 11.8. The van der Waals surface area contributed by atoms with Gasteiger partial charge in [-0.25, -0.2) is 0 Å². The summed E-state index contributed by atoms with van der Waals surface area (Å²) in [5.74, 6) is 0.776. The van der Waals surface area contributed by atoms with E-state index < -0.39 is 0 Å². The van der Waals surface area contributed by atoms with Crippen LogP contribution >= 0.6 is 11.3 Å². The zero-order chi connectivity index (χ0) is 14.1. The largest absolute Gasteiger partial charge is 0.497 e. The van der Waals surface area contributed by atoms with Gasteiger partial charge in [-0.15, -0.1) is 15.3 Å². The van der Waals surface area contributed by atoms with Gasteiger partial charge in [0.15, 0.2) is 0 Å². The fraction of sp³-hybridized carbons (Fsp3) is 0.167. The third kappa shape index (κ3) is 2.21. The Morgan fingerprint density at radius 3 is 2.70 bits per heavy atom. The van der Waals surface area contributed by atoms with Crippen LogP contribution in [-0.4, -0.2) is 26.9 Å². The molecule has 0 aliphatic rings. The van der Waals surface area contributed by atoms with Crippen molar-refractivity contribution in [3.05, 3.63) is 40.3 Å². The van der Waals surface area contributed by atoms with E-state index in [9.17, 15) is 4.79 Å². The molecule has 1 N–H and O–H groups in total. The molecule has 2 aromatic heterocycles. The Hall–Kier alpha value is -2.48. The van der Waals surface area contributed by atoms with E-state index in [0.29, 0.717) is 15.8 Å². The highest BCUT2D eigenvalue weighted by Gasteiger charge is 2.09. The number of anilines is 2. The van der Waals surface area contributed by atoms with Gasteiger partial charge >= 0.3 is 0 Å². The Morgan fingerprint density at radius 1 is 1.25 bits per heavy atom. The number of methoxy groups -OCH3 is 1. The molecule has 0 saturated heterocycles. The second-order valence-electron chi connectivity index (χ2n) is 4.05. The van der Waals surface area contributed by atoms with Crippen molar-refractivity contribution in [1.82, 2.24) is 19.8 Å². The maximum atomic E-state index is 11.8. The first-order valence-corrected chi connectivity index (χ1v) is 6.63. The first-order chi connectivity index (χ1) is 9.67. The zero-order valence-electron chi connectivity index (χ0n) is 10.8. The molecule has 3 rings (SSSR count). The highest BCUT2D eigenvalue weighted by Crippen LogP contribution is 2.22. The number of hydrogen-bond donors (Lipinski definition) is 1. The smallest absolute Gasteiger partial charge is 0.296 e. The molecule has 0 spiro atoms. The molecule has 102 valence electrons. The van der Waals surface area contributed by atoms with Crippen LogP contribution in [0.2, 0.25) is 0 Å². The van der Waals surface area contributed by atoms with E-state index >= 15 is 0 Å². The Morgan fingerprint density at radius 2 is 2.00 bits per heavy atom. The monoisotopic (exact) mass is 289 g/mol. The van der Waals surface area contributed by atoms with Crippen LogP contribution in [-0.2, 0) is 0 Å². The molecule has 7 nitrogen and oxygen atoms in total. The number of aryl methyl sites for hydroxylation is 1. The van der Waals surface area contributed by atoms with Crippen molar-refractivity contribution in [1.29, 1.82) is 0 Å². The maximum Gasteiger partial charge on any atom is 0.296 e. The van der Waals surface area contributed by atoms with Gasteiger partial charge in [0.2, 0.25) is 10.1 Å². The number of nitrogens with one attached hydrogen (secondary N) is 1. The summed E-state index contributed by atoms with van der Waals surface area (Å²) in [5, 5.41) is 15.6. The van der Waals surface area contributed by atoms with E-state index in [1.54, 1.807) is 14.0 Å². The van der Waals surface area contributed by atoms with Crippen molar-refractivity contribution in [2.75, 3.05) is 12.4 Å². The lowest BCUT2D eigenvalue weighted by atomic mass is 10.3. The van der Waals surface area contributed by atoms with Gasteiger partial charge in [0.05, 0.1) is 7.11 Å². The normalized spacial score (nSPS) is 10.7. The van der Waals surface area contributed by atoms with Gasteiger partial charge in [-0.3, -0.25) is 4.79 Å². The summed E-state index contributed by atoms with van der Waals surface area (Å²) in [7, 11) is 1.61. The van der Waals surface area contributed by atoms with Crippen molar-refractivity contribution in [2.45, 2.75) is 6.92 Å². The van der Waals surface area contributed by atoms with Gasteiger partial charge < -0.3 is 10.1 Å². The molecule has 8 heteroatoms. The Bertz CT molecular complexity index is 809. The Labute approximate surface area is 117 Å². The molecular formula is C12H11N5O2S. The summed E-state index contributed by atoms with van der Waals surface area (Å²) in [6, 6.07) is 7.41. The van der Waals surface area contributed by atoms with Crippen molar-refractivity contribution >= 4 is 27.1 Å². The lowest BCUT2D eigenvalue weighted by molar-refractivity contribution is 0.415. The summed E-state index contributed by atoms with van der Waals surface area (Å²) in [6.45, 7) is 1.61. The third-order valence-corrected chi connectivity index (χ3v) is 3.50. The molecule has 0 radical (unpaired) electrons. The Kier molecular flexibility index (Phi) is 3.07. The standard InChI is InChI=1S/C12H11N5O2S/c1-7-10(18)17-12(15-14-7)20-11(16-17)13-8-3-5-9(19-2)6-4-8/h3-6H,1-2H3,(H,13,16). The molecule has 0 amide bonds. The summed E-state index contributed by atoms with van der Waals surface area (Å²) >= 11 is 1.26. The van der Waals surface area contributed by atoms with E-state index in [0.717, 1.165) is 11.4 Å². The zero-order valence-corrected chi connectivity index (χ0v) is 11.6. The van der Waals surface area contributed by atoms with Crippen molar-refractivity contribution in [3.63, 3.8) is 0 Å². The molecule has 0 fully saturated rings.